The van der Waals surface area contributed by atoms with Crippen molar-refractivity contribution in [1.29, 1.82) is 0 Å². The molecule has 11 heavy (non-hydrogen) atoms. The molecule has 0 heterocycles. The Hall–Kier alpha value is 2.22. The van der Waals surface area contributed by atoms with Crippen molar-refractivity contribution in [2.75, 3.05) is 0 Å². The second-order valence-electron chi connectivity index (χ2n) is 0. The summed E-state index contributed by atoms with van der Waals surface area (Å²) in [5, 5.41) is 0. The van der Waals surface area contributed by atoms with E-state index < -0.39 is 0 Å². The van der Waals surface area contributed by atoms with E-state index in [1.54, 1.807) is 0 Å². The minimum absolute atomic E-state index is 0. The predicted octanol–water partition coefficient (Wildman–Crippen LogP) is -2.12. The maximum absolute atomic E-state index is 0. The maximum Gasteiger partial charge on any atom is 5.00 e. The van der Waals surface area contributed by atoms with Crippen LogP contribution in [0.1, 0.15) is 0 Å². The van der Waals surface area contributed by atoms with Crippen molar-refractivity contribution in [3.05, 3.63) is 30.8 Å². The molecule has 0 aliphatic carbocycles. The molecule has 0 N–H and O–H groups in total. The van der Waals surface area contributed by atoms with Gasteiger partial charge in [0.05, 0.1) is 25.2 Å². The predicted molar refractivity (Wildman–Crippen MR) is 46.6 cm³/mol. The van der Waals surface area contributed by atoms with Crippen LogP contribution in [0.25, 0.3) is 30.8 Å². The number of hydrogen-bond acceptors (Lipinski definition) is 0. The summed E-state index contributed by atoms with van der Waals surface area (Å²) >= 11 is 0. The van der Waals surface area contributed by atoms with Crippen LogP contribution in [0, 0.1) is 0 Å². The molecule has 0 atom stereocenters. The largest absolute Gasteiger partial charge is 5.00 e. The van der Waals surface area contributed by atoms with Crippen molar-refractivity contribution in [3.63, 3.8) is 0 Å². The Balaban J connectivity index is 0. The Labute approximate surface area is 122 Å². The van der Waals surface area contributed by atoms with E-state index in [2.05, 4.69) is 0 Å². The Morgan fingerprint density at radius 2 is 0.273 bits per heavy atom. The van der Waals surface area contributed by atoms with E-state index in [9.17, 15) is 0 Å². The van der Waals surface area contributed by atoms with E-state index in [0.717, 1.165) is 0 Å². The van der Waals surface area contributed by atoms with Crippen molar-refractivity contribution in [1.82, 2.24) is 0 Å². The summed E-state index contributed by atoms with van der Waals surface area (Å²) in [7, 11) is 0. The van der Waals surface area contributed by atoms with Gasteiger partial charge < -0.3 is 30.8 Å². The molecule has 0 aliphatic rings. The van der Waals surface area contributed by atoms with E-state index in [1.807, 2.05) is 0 Å². The van der Waals surface area contributed by atoms with Gasteiger partial charge >= 0.3 is 67.1 Å². The molecule has 0 bridgehead atoms. The Morgan fingerprint density at radius 1 is 0.273 bits per heavy atom. The van der Waals surface area contributed by atoms with Gasteiger partial charge in [0, 0.05) is 0 Å². The third kappa shape index (κ3) is 260. The zero-order chi connectivity index (χ0) is 0. The molecule has 5 nitrogen and oxygen atoms in total. The molecule has 0 radical (unpaired) electrons. The molecule has 0 spiro atoms. The maximum atomic E-state index is 0. The standard InChI is InChI=1S/3BH3.5N.3Ta/h3*1H3;;;;;;;;/q;;;5*-3;3*+5. The number of nitrogens with zero attached hydrogens (tertiary/aromatic N) is 5. The van der Waals surface area contributed by atoms with Crippen molar-refractivity contribution >= 4 is 25.2 Å². The van der Waals surface area contributed by atoms with Gasteiger partial charge in [0.1, 0.15) is 0 Å². The van der Waals surface area contributed by atoms with Gasteiger partial charge in [-0.15, -0.1) is 0 Å². The summed E-state index contributed by atoms with van der Waals surface area (Å²) in [6.45, 7) is 0. The van der Waals surface area contributed by atoms with Crippen LogP contribution >= 0.6 is 0 Å². The molecule has 0 fully saturated rings. The fraction of sp³-hybridized carbons (Fsp3) is 0. The molecule has 0 aromatic heterocycles. The molecule has 0 unspecified atom stereocenters. The second kappa shape index (κ2) is 313. The zero-order valence-corrected chi connectivity index (χ0v) is 13.2. The molecule has 0 aromatic carbocycles. The van der Waals surface area contributed by atoms with E-state index in [0.29, 0.717) is 0 Å². The van der Waals surface area contributed by atoms with Crippen LogP contribution < -0.4 is 0 Å². The monoisotopic (exact) mass is 655 g/mol. The van der Waals surface area contributed by atoms with Crippen LogP contribution in [0.4, 0.5) is 0 Å². The van der Waals surface area contributed by atoms with Gasteiger partial charge in [-0.3, -0.25) is 0 Å². The molecule has 0 rings (SSSR count). The molecule has 0 amide bonds. The Bertz CT molecular complexity index is 16.9. The van der Waals surface area contributed by atoms with Crippen molar-refractivity contribution in [2.45, 2.75) is 0 Å². The quantitative estimate of drug-likeness (QED) is 0.263. The van der Waals surface area contributed by atoms with E-state index in [1.165, 1.54) is 0 Å². The summed E-state index contributed by atoms with van der Waals surface area (Å²) in [6, 6.07) is 0. The summed E-state index contributed by atoms with van der Waals surface area (Å²) in [6.07, 6.45) is 0. The van der Waals surface area contributed by atoms with Crippen LogP contribution in [0.5, 0.6) is 0 Å². The average Bonchev–Trinajstić information content (AvgIpc) is 0. The molecule has 11 heteroatoms. The molecule has 0 aromatic rings. The van der Waals surface area contributed by atoms with Crippen molar-refractivity contribution in [3.8, 4) is 0 Å². The van der Waals surface area contributed by atoms with Crippen LogP contribution in [0.2, 0.25) is 0 Å². The Kier molecular flexibility index (Phi) is 11400. The minimum Gasteiger partial charge on any atom is -3.00 e. The first-order chi connectivity index (χ1) is 0. The van der Waals surface area contributed by atoms with E-state index >= 15 is 0 Å². The molecular formula is H9B3N5Ta3. The van der Waals surface area contributed by atoms with Crippen LogP contribution in [0.3, 0.4) is 0 Å². The van der Waals surface area contributed by atoms with Gasteiger partial charge in [-0.05, 0) is 0 Å². The number of rotatable bonds is 0. The molecular weight excluding hydrogens is 645 g/mol. The van der Waals surface area contributed by atoms with Gasteiger partial charge in [-0.25, -0.2) is 0 Å². The van der Waals surface area contributed by atoms with E-state index in [-0.39, 0.29) is 123 Å². The topological polar surface area (TPSA) is 152 Å². The first kappa shape index (κ1) is 402. The second-order valence-corrected chi connectivity index (χ2v) is 0. The van der Waals surface area contributed by atoms with Crippen molar-refractivity contribution in [2.24, 2.45) is 0 Å². The summed E-state index contributed by atoms with van der Waals surface area (Å²) in [4.78, 5) is 0. The van der Waals surface area contributed by atoms with Gasteiger partial charge in [0.2, 0.25) is 0 Å². The summed E-state index contributed by atoms with van der Waals surface area (Å²) < 4.78 is 0. The smallest absolute Gasteiger partial charge is 3.00 e. The molecule has 0 aliphatic heterocycles. The van der Waals surface area contributed by atoms with Gasteiger partial charge in [0.25, 0.3) is 0 Å². The summed E-state index contributed by atoms with van der Waals surface area (Å²) in [5.41, 5.74) is 0. The van der Waals surface area contributed by atoms with Crippen LogP contribution in [0.15, 0.2) is 0 Å². The average molecular weight is 654 g/mol. The fourth-order valence-corrected chi connectivity index (χ4v) is 0. The molecule has 0 saturated carbocycles. The first-order valence-electron chi connectivity index (χ1n) is 0. The Morgan fingerprint density at radius 3 is 0.273 bits per heavy atom. The van der Waals surface area contributed by atoms with Gasteiger partial charge in [-0.1, -0.05) is 0 Å². The van der Waals surface area contributed by atoms with Crippen molar-refractivity contribution < 1.29 is 67.1 Å². The van der Waals surface area contributed by atoms with Gasteiger partial charge in [0.15, 0.2) is 0 Å². The summed E-state index contributed by atoms with van der Waals surface area (Å²) in [5.74, 6) is 0. The van der Waals surface area contributed by atoms with Crippen LogP contribution in [-0.4, -0.2) is 25.2 Å². The van der Waals surface area contributed by atoms with Gasteiger partial charge in [-0.2, -0.15) is 0 Å². The normalized spacial score (nSPS) is 0. The SMILES string of the molecule is B.B.B.[N-3].[N-3].[N-3].[N-3].[N-3].[Ta+5].[Ta+5].[Ta+5]. The third-order valence-corrected chi connectivity index (χ3v) is 0. The molecule has 58 valence electrons. The fourth-order valence-electron chi connectivity index (χ4n) is 0. The zero-order valence-electron chi connectivity index (χ0n) is 3.58. The van der Waals surface area contributed by atoms with Crippen LogP contribution in [-0.2, 0) is 67.1 Å². The first-order valence-corrected chi connectivity index (χ1v) is 0. The number of hydrogen-bond donors (Lipinski definition) is 0. The molecule has 0 saturated heterocycles. The van der Waals surface area contributed by atoms with E-state index in [4.69, 9.17) is 0 Å². The minimum atomic E-state index is 0. The third-order valence-electron chi connectivity index (χ3n) is 0.